The van der Waals surface area contributed by atoms with E-state index in [4.69, 9.17) is 4.74 Å². The Labute approximate surface area is 163 Å². The van der Waals surface area contributed by atoms with Crippen molar-refractivity contribution in [3.8, 4) is 5.75 Å². The molecule has 0 radical (unpaired) electrons. The number of likely N-dealkylation sites (tertiary alicyclic amines) is 1. The number of hydrogen-bond donors (Lipinski definition) is 0. The molecule has 146 valence electrons. The molecular weight excluding hydrogens is 359 g/mol. The number of ether oxygens (including phenoxy) is 1. The van der Waals surface area contributed by atoms with E-state index < -0.39 is 11.7 Å². The van der Waals surface area contributed by atoms with Crippen LogP contribution in [0.5, 0.6) is 5.75 Å². The molecule has 28 heavy (non-hydrogen) atoms. The highest BCUT2D eigenvalue weighted by molar-refractivity contribution is 6.00. The number of anilines is 1. The van der Waals surface area contributed by atoms with E-state index in [1.54, 1.807) is 25.3 Å². The lowest BCUT2D eigenvalue weighted by atomic mass is 10.0. The van der Waals surface area contributed by atoms with Crippen molar-refractivity contribution in [2.24, 2.45) is 5.92 Å². The van der Waals surface area contributed by atoms with Crippen molar-refractivity contribution in [2.75, 3.05) is 25.1 Å². The van der Waals surface area contributed by atoms with Gasteiger partial charge in [0, 0.05) is 19.5 Å². The molecule has 2 fully saturated rings. The molecule has 0 aliphatic carbocycles. The van der Waals surface area contributed by atoms with Gasteiger partial charge in [0.1, 0.15) is 11.6 Å². The third-order valence-electron chi connectivity index (χ3n) is 5.63. The Bertz CT molecular complexity index is 901. The number of hydrogen-bond acceptors (Lipinski definition) is 3. The van der Waals surface area contributed by atoms with Crippen molar-refractivity contribution in [3.63, 3.8) is 0 Å². The van der Waals surface area contributed by atoms with Gasteiger partial charge >= 0.3 is 0 Å². The van der Waals surface area contributed by atoms with Crippen LogP contribution in [-0.4, -0.2) is 36.9 Å². The number of nitrogens with zero attached hydrogens (tertiary/aromatic N) is 2. The van der Waals surface area contributed by atoms with E-state index in [1.807, 2.05) is 29.2 Å². The SMILES string of the molecule is COc1cccc(C2CCCN2C(=O)C2CC(=O)N(c3ccccc3F)C2)c1. The quantitative estimate of drug-likeness (QED) is 0.813. The molecule has 0 bridgehead atoms. The van der Waals surface area contributed by atoms with Crippen molar-refractivity contribution in [3.05, 3.63) is 59.9 Å². The van der Waals surface area contributed by atoms with Crippen molar-refractivity contribution < 1.29 is 18.7 Å². The van der Waals surface area contributed by atoms with Crippen LogP contribution in [0.25, 0.3) is 0 Å². The summed E-state index contributed by atoms with van der Waals surface area (Å²) >= 11 is 0. The van der Waals surface area contributed by atoms with Crippen LogP contribution in [-0.2, 0) is 9.59 Å². The Morgan fingerprint density at radius 2 is 2.00 bits per heavy atom. The highest BCUT2D eigenvalue weighted by Gasteiger charge is 2.41. The predicted octanol–water partition coefficient (Wildman–Crippen LogP) is 3.55. The minimum atomic E-state index is -0.446. The van der Waals surface area contributed by atoms with Gasteiger partial charge in [0.05, 0.1) is 24.8 Å². The minimum Gasteiger partial charge on any atom is -0.497 e. The fraction of sp³-hybridized carbons (Fsp3) is 0.364. The molecule has 2 aliphatic rings. The van der Waals surface area contributed by atoms with E-state index in [1.165, 1.54) is 11.0 Å². The van der Waals surface area contributed by atoms with E-state index in [-0.39, 0.29) is 36.5 Å². The van der Waals surface area contributed by atoms with E-state index in [2.05, 4.69) is 0 Å². The molecule has 0 N–H and O–H groups in total. The number of amides is 2. The van der Waals surface area contributed by atoms with Gasteiger partial charge in [-0.25, -0.2) is 4.39 Å². The summed E-state index contributed by atoms with van der Waals surface area (Å²) in [4.78, 5) is 28.9. The van der Waals surface area contributed by atoms with Crippen LogP contribution in [0.3, 0.4) is 0 Å². The molecule has 6 heteroatoms. The molecule has 2 amide bonds. The van der Waals surface area contributed by atoms with Crippen molar-refractivity contribution in [1.82, 2.24) is 4.90 Å². The second-order valence-electron chi connectivity index (χ2n) is 7.32. The van der Waals surface area contributed by atoms with Gasteiger partial charge < -0.3 is 14.5 Å². The Kier molecular flexibility index (Phi) is 5.03. The second kappa shape index (κ2) is 7.62. The van der Waals surface area contributed by atoms with Crippen molar-refractivity contribution in [1.29, 1.82) is 0 Å². The van der Waals surface area contributed by atoms with Crippen LogP contribution < -0.4 is 9.64 Å². The van der Waals surface area contributed by atoms with Crippen LogP contribution in [0.1, 0.15) is 30.9 Å². The zero-order valence-electron chi connectivity index (χ0n) is 15.8. The molecule has 0 saturated carbocycles. The molecule has 2 atom stereocenters. The van der Waals surface area contributed by atoms with Gasteiger partial charge in [0.15, 0.2) is 0 Å². The molecule has 4 rings (SSSR count). The first-order chi connectivity index (χ1) is 13.6. The van der Waals surface area contributed by atoms with E-state index in [0.717, 1.165) is 24.2 Å². The summed E-state index contributed by atoms with van der Waals surface area (Å²) in [6.45, 7) is 0.894. The number of rotatable bonds is 4. The third kappa shape index (κ3) is 3.35. The van der Waals surface area contributed by atoms with Crippen LogP contribution in [0.15, 0.2) is 48.5 Å². The zero-order valence-corrected chi connectivity index (χ0v) is 15.8. The largest absolute Gasteiger partial charge is 0.497 e. The second-order valence-corrected chi connectivity index (χ2v) is 7.32. The molecule has 0 aromatic heterocycles. The summed E-state index contributed by atoms with van der Waals surface area (Å²) in [5, 5.41) is 0. The average Bonchev–Trinajstić information content (AvgIpc) is 3.35. The predicted molar refractivity (Wildman–Crippen MR) is 104 cm³/mol. The first-order valence-corrected chi connectivity index (χ1v) is 9.58. The number of para-hydroxylation sites is 1. The molecule has 2 aromatic rings. The van der Waals surface area contributed by atoms with Crippen LogP contribution >= 0.6 is 0 Å². The maximum atomic E-state index is 14.1. The summed E-state index contributed by atoms with van der Waals surface area (Å²) in [5.74, 6) is -0.366. The minimum absolute atomic E-state index is 0.0137. The van der Waals surface area contributed by atoms with Crippen LogP contribution in [0, 0.1) is 11.7 Å². The number of carbonyl (C=O) groups is 2. The molecule has 2 aliphatic heterocycles. The molecule has 2 aromatic carbocycles. The number of carbonyl (C=O) groups excluding carboxylic acids is 2. The first-order valence-electron chi connectivity index (χ1n) is 9.58. The van der Waals surface area contributed by atoms with Crippen molar-refractivity contribution in [2.45, 2.75) is 25.3 Å². The Balaban J connectivity index is 1.52. The summed E-state index contributed by atoms with van der Waals surface area (Å²) in [6.07, 6.45) is 1.93. The lowest BCUT2D eigenvalue weighted by molar-refractivity contribution is -0.136. The summed E-state index contributed by atoms with van der Waals surface area (Å²) in [6, 6.07) is 13.9. The molecular formula is C22H23FN2O3. The highest BCUT2D eigenvalue weighted by Crippen LogP contribution is 2.36. The number of halogens is 1. The normalized spacial score (nSPS) is 22.0. The van der Waals surface area contributed by atoms with Gasteiger partial charge in [-0.1, -0.05) is 24.3 Å². The number of methoxy groups -OCH3 is 1. The Morgan fingerprint density at radius 1 is 1.18 bits per heavy atom. The summed E-state index contributed by atoms with van der Waals surface area (Å²) < 4.78 is 19.4. The third-order valence-corrected chi connectivity index (χ3v) is 5.63. The maximum absolute atomic E-state index is 14.1. The van der Waals surface area contributed by atoms with Gasteiger partial charge in [-0.05, 0) is 42.7 Å². The zero-order chi connectivity index (χ0) is 19.7. The summed E-state index contributed by atoms with van der Waals surface area (Å²) in [5.41, 5.74) is 1.29. The average molecular weight is 382 g/mol. The molecule has 2 heterocycles. The fourth-order valence-electron chi connectivity index (χ4n) is 4.24. The monoisotopic (exact) mass is 382 g/mol. The Hall–Kier alpha value is -2.89. The van der Waals surface area contributed by atoms with E-state index >= 15 is 0 Å². The summed E-state index contributed by atoms with van der Waals surface area (Å²) in [7, 11) is 1.62. The van der Waals surface area contributed by atoms with Gasteiger partial charge in [-0.15, -0.1) is 0 Å². The standard InChI is InChI=1S/C22H23FN2O3/c1-28-17-7-4-6-15(12-17)19-10-5-11-24(19)22(27)16-13-21(26)25(14-16)20-9-3-2-8-18(20)23/h2-4,6-9,12,16,19H,5,10-11,13-14H2,1H3. The Morgan fingerprint density at radius 3 is 2.79 bits per heavy atom. The molecule has 0 spiro atoms. The molecule has 2 unspecified atom stereocenters. The lowest BCUT2D eigenvalue weighted by Crippen LogP contribution is -2.37. The van der Waals surface area contributed by atoms with Crippen LogP contribution in [0.2, 0.25) is 0 Å². The van der Waals surface area contributed by atoms with Gasteiger partial charge in [0.2, 0.25) is 11.8 Å². The smallest absolute Gasteiger partial charge is 0.228 e. The lowest BCUT2D eigenvalue weighted by Gasteiger charge is -2.28. The maximum Gasteiger partial charge on any atom is 0.228 e. The fourth-order valence-corrected chi connectivity index (χ4v) is 4.24. The molecule has 2 saturated heterocycles. The topological polar surface area (TPSA) is 49.9 Å². The van der Waals surface area contributed by atoms with Crippen molar-refractivity contribution >= 4 is 17.5 Å². The highest BCUT2D eigenvalue weighted by atomic mass is 19.1. The van der Waals surface area contributed by atoms with E-state index in [9.17, 15) is 14.0 Å². The number of benzene rings is 2. The van der Waals surface area contributed by atoms with Gasteiger partial charge in [0.25, 0.3) is 0 Å². The van der Waals surface area contributed by atoms with Gasteiger partial charge in [-0.2, -0.15) is 0 Å². The van der Waals surface area contributed by atoms with E-state index in [0.29, 0.717) is 6.54 Å². The van der Waals surface area contributed by atoms with Crippen LogP contribution in [0.4, 0.5) is 10.1 Å². The first kappa shape index (κ1) is 18.5. The van der Waals surface area contributed by atoms with Gasteiger partial charge in [-0.3, -0.25) is 9.59 Å². The molecule has 5 nitrogen and oxygen atoms in total.